The van der Waals surface area contributed by atoms with E-state index in [9.17, 15) is 13.2 Å². The monoisotopic (exact) mass is 311 g/mol. The van der Waals surface area contributed by atoms with Crippen molar-refractivity contribution in [3.63, 3.8) is 0 Å². The molecule has 0 saturated heterocycles. The second-order valence-electron chi connectivity index (χ2n) is 5.76. The van der Waals surface area contributed by atoms with E-state index < -0.39 is 16.0 Å². The number of carboxylic acid groups (broad SMARTS) is 1. The molecule has 6 heteroatoms. The van der Waals surface area contributed by atoms with Crippen LogP contribution in [0.25, 0.3) is 0 Å². The van der Waals surface area contributed by atoms with E-state index in [-0.39, 0.29) is 16.5 Å². The summed E-state index contributed by atoms with van der Waals surface area (Å²) in [4.78, 5) is 10.9. The van der Waals surface area contributed by atoms with Crippen LogP contribution in [0, 0.1) is 5.92 Å². The molecule has 0 aliphatic heterocycles. The van der Waals surface area contributed by atoms with Crippen LogP contribution in [0.4, 0.5) is 0 Å². The molecular formula is C15H21NO4S. The molecular weight excluding hydrogens is 290 g/mol. The molecule has 0 bridgehead atoms. The zero-order valence-electron chi connectivity index (χ0n) is 12.1. The molecule has 0 radical (unpaired) electrons. The van der Waals surface area contributed by atoms with Crippen molar-refractivity contribution < 1.29 is 18.3 Å². The molecule has 116 valence electrons. The number of sulfonamides is 1. The summed E-state index contributed by atoms with van der Waals surface area (Å²) >= 11 is 0. The van der Waals surface area contributed by atoms with E-state index in [0.717, 1.165) is 32.1 Å². The van der Waals surface area contributed by atoms with Gasteiger partial charge in [-0.05, 0) is 49.4 Å². The predicted octanol–water partition coefficient (Wildman–Crippen LogP) is 2.63. The summed E-state index contributed by atoms with van der Waals surface area (Å²) in [5.41, 5.74) is 0.0808. The van der Waals surface area contributed by atoms with E-state index >= 15 is 0 Å². The fourth-order valence-electron chi connectivity index (χ4n) is 2.67. The molecule has 0 heterocycles. The van der Waals surface area contributed by atoms with Crippen molar-refractivity contribution in [2.75, 3.05) is 0 Å². The minimum atomic E-state index is -3.58. The normalized spacial score (nSPS) is 23.5. The highest BCUT2D eigenvalue weighted by Crippen LogP contribution is 2.24. The van der Waals surface area contributed by atoms with Crippen molar-refractivity contribution >= 4 is 16.0 Å². The lowest BCUT2D eigenvalue weighted by atomic mass is 10.0. The van der Waals surface area contributed by atoms with Crippen LogP contribution in [0.2, 0.25) is 0 Å². The highest BCUT2D eigenvalue weighted by atomic mass is 32.2. The minimum absolute atomic E-state index is 0.0286. The molecule has 2 N–H and O–H groups in total. The van der Waals surface area contributed by atoms with Gasteiger partial charge < -0.3 is 5.11 Å². The van der Waals surface area contributed by atoms with Gasteiger partial charge in [0.2, 0.25) is 10.0 Å². The van der Waals surface area contributed by atoms with E-state index in [4.69, 9.17) is 5.11 Å². The molecule has 21 heavy (non-hydrogen) atoms. The minimum Gasteiger partial charge on any atom is -0.478 e. The van der Waals surface area contributed by atoms with Gasteiger partial charge in [-0.2, -0.15) is 0 Å². The van der Waals surface area contributed by atoms with E-state index in [0.29, 0.717) is 5.92 Å². The molecule has 1 aromatic carbocycles. The van der Waals surface area contributed by atoms with E-state index in [1.165, 1.54) is 24.3 Å². The third kappa shape index (κ3) is 4.28. The van der Waals surface area contributed by atoms with Crippen LogP contribution in [-0.2, 0) is 10.0 Å². The first-order valence-corrected chi connectivity index (χ1v) is 8.72. The Labute approximate surface area is 125 Å². The number of nitrogens with one attached hydrogen (secondary N) is 1. The number of hydrogen-bond donors (Lipinski definition) is 2. The summed E-state index contributed by atoms with van der Waals surface area (Å²) in [5.74, 6) is -0.418. The standard InChI is InChI=1S/C15H21NO4S/c1-11-3-2-4-13(8-5-11)16-21(19,20)14-9-6-12(7-10-14)15(17)18/h6-7,9-11,13,16H,2-5,8H2,1H3,(H,17,18). The van der Waals surface area contributed by atoms with Crippen LogP contribution >= 0.6 is 0 Å². The maximum Gasteiger partial charge on any atom is 0.335 e. The van der Waals surface area contributed by atoms with Crippen LogP contribution in [0.15, 0.2) is 29.2 Å². The fraction of sp³-hybridized carbons (Fsp3) is 0.533. The summed E-state index contributed by atoms with van der Waals surface area (Å²) in [6, 6.07) is 5.27. The molecule has 1 saturated carbocycles. The first-order valence-electron chi connectivity index (χ1n) is 7.24. The van der Waals surface area contributed by atoms with E-state index in [2.05, 4.69) is 11.6 Å². The molecule has 2 unspecified atom stereocenters. The van der Waals surface area contributed by atoms with Crippen LogP contribution < -0.4 is 4.72 Å². The highest BCUT2D eigenvalue weighted by molar-refractivity contribution is 7.89. The summed E-state index contributed by atoms with van der Waals surface area (Å²) < 4.78 is 27.4. The van der Waals surface area contributed by atoms with E-state index in [1.54, 1.807) is 0 Å². The molecule has 1 aromatic rings. The number of rotatable bonds is 4. The molecule has 2 atom stereocenters. The molecule has 0 aromatic heterocycles. The van der Waals surface area contributed by atoms with Gasteiger partial charge in [-0.15, -0.1) is 0 Å². The van der Waals surface area contributed by atoms with Gasteiger partial charge in [0.1, 0.15) is 0 Å². The molecule has 0 amide bonds. The molecule has 1 aliphatic carbocycles. The van der Waals surface area contributed by atoms with Gasteiger partial charge in [-0.3, -0.25) is 0 Å². The average molecular weight is 311 g/mol. The Balaban J connectivity index is 2.08. The first kappa shape index (κ1) is 16.0. The van der Waals surface area contributed by atoms with Crippen molar-refractivity contribution in [1.82, 2.24) is 4.72 Å². The van der Waals surface area contributed by atoms with Gasteiger partial charge in [0, 0.05) is 6.04 Å². The molecule has 5 nitrogen and oxygen atoms in total. The van der Waals surface area contributed by atoms with Crippen LogP contribution in [0.5, 0.6) is 0 Å². The van der Waals surface area contributed by atoms with Crippen molar-refractivity contribution in [3.8, 4) is 0 Å². The van der Waals surface area contributed by atoms with Gasteiger partial charge in [0.05, 0.1) is 10.5 Å². The average Bonchev–Trinajstić information content (AvgIpc) is 2.63. The second-order valence-corrected chi connectivity index (χ2v) is 7.48. The highest BCUT2D eigenvalue weighted by Gasteiger charge is 2.22. The topological polar surface area (TPSA) is 83.5 Å². The Bertz CT molecular complexity index is 595. The Morgan fingerprint density at radius 1 is 1.14 bits per heavy atom. The van der Waals surface area contributed by atoms with Gasteiger partial charge in [0.25, 0.3) is 0 Å². The van der Waals surface area contributed by atoms with Gasteiger partial charge in [-0.1, -0.05) is 19.8 Å². The number of aromatic carboxylic acids is 1. The summed E-state index contributed by atoms with van der Waals surface area (Å²) in [7, 11) is -3.58. The Morgan fingerprint density at radius 2 is 1.81 bits per heavy atom. The molecule has 0 spiro atoms. The van der Waals surface area contributed by atoms with Crippen LogP contribution in [-0.4, -0.2) is 25.5 Å². The quantitative estimate of drug-likeness (QED) is 0.837. The zero-order chi connectivity index (χ0) is 15.5. The number of benzene rings is 1. The SMILES string of the molecule is CC1CCCC(NS(=O)(=O)c2ccc(C(=O)O)cc2)CC1. The van der Waals surface area contributed by atoms with Crippen molar-refractivity contribution in [2.24, 2.45) is 5.92 Å². The van der Waals surface area contributed by atoms with Gasteiger partial charge >= 0.3 is 5.97 Å². The lowest BCUT2D eigenvalue weighted by Gasteiger charge is -2.16. The van der Waals surface area contributed by atoms with Crippen LogP contribution in [0.1, 0.15) is 49.4 Å². The summed E-state index contributed by atoms with van der Waals surface area (Å²) in [6.07, 6.45) is 4.92. The lowest BCUT2D eigenvalue weighted by Crippen LogP contribution is -2.34. The maximum absolute atomic E-state index is 12.3. The Hall–Kier alpha value is -1.40. The van der Waals surface area contributed by atoms with Crippen molar-refractivity contribution in [2.45, 2.75) is 50.0 Å². The third-order valence-corrected chi connectivity index (χ3v) is 5.53. The number of carbonyl (C=O) groups is 1. The first-order chi connectivity index (χ1) is 9.88. The summed E-state index contributed by atoms with van der Waals surface area (Å²) in [6.45, 7) is 2.20. The second kappa shape index (κ2) is 6.58. The summed E-state index contributed by atoms with van der Waals surface area (Å²) in [5, 5.41) is 8.83. The fourth-order valence-corrected chi connectivity index (χ4v) is 3.97. The lowest BCUT2D eigenvalue weighted by molar-refractivity contribution is 0.0696. The van der Waals surface area contributed by atoms with Crippen molar-refractivity contribution in [1.29, 1.82) is 0 Å². The molecule has 2 rings (SSSR count). The Morgan fingerprint density at radius 3 is 2.43 bits per heavy atom. The van der Waals surface area contributed by atoms with E-state index in [1.807, 2.05) is 0 Å². The number of carboxylic acids is 1. The Kier molecular flexibility index (Phi) is 5.00. The van der Waals surface area contributed by atoms with Crippen LogP contribution in [0.3, 0.4) is 0 Å². The number of hydrogen-bond acceptors (Lipinski definition) is 3. The molecule has 1 aliphatic rings. The van der Waals surface area contributed by atoms with Crippen molar-refractivity contribution in [3.05, 3.63) is 29.8 Å². The third-order valence-electron chi connectivity index (χ3n) is 3.99. The van der Waals surface area contributed by atoms with Gasteiger partial charge in [-0.25, -0.2) is 17.9 Å². The maximum atomic E-state index is 12.3. The largest absolute Gasteiger partial charge is 0.478 e. The van der Waals surface area contributed by atoms with Gasteiger partial charge in [0.15, 0.2) is 0 Å². The smallest absolute Gasteiger partial charge is 0.335 e. The zero-order valence-corrected chi connectivity index (χ0v) is 12.9. The molecule has 1 fully saturated rings. The predicted molar refractivity (Wildman–Crippen MR) is 79.8 cm³/mol.